The van der Waals surface area contributed by atoms with Gasteiger partial charge in [0.2, 0.25) is 5.91 Å². The van der Waals surface area contributed by atoms with Crippen molar-refractivity contribution in [2.24, 2.45) is 0 Å². The molecule has 0 atom stereocenters. The summed E-state index contributed by atoms with van der Waals surface area (Å²) in [6.45, 7) is 4.01. The maximum atomic E-state index is 15.2. The van der Waals surface area contributed by atoms with E-state index in [9.17, 15) is 9.59 Å². The molecule has 0 bridgehead atoms. The van der Waals surface area contributed by atoms with Gasteiger partial charge in [-0.2, -0.15) is 0 Å². The third kappa shape index (κ3) is 3.91. The second kappa shape index (κ2) is 8.31. The summed E-state index contributed by atoms with van der Waals surface area (Å²) in [5.41, 5.74) is 3.72. The fraction of sp³-hybridized carbons (Fsp3) is 0.286. The Morgan fingerprint density at radius 1 is 1.37 bits per heavy atom. The van der Waals surface area contributed by atoms with Gasteiger partial charge in [-0.15, -0.1) is 0 Å². The highest BCUT2D eigenvalue weighted by Gasteiger charge is 2.25. The number of fused-ring (bicyclic) bond motifs is 1. The zero-order valence-electron chi connectivity index (χ0n) is 16.6. The van der Waals surface area contributed by atoms with Crippen LogP contribution >= 0.6 is 22.6 Å². The lowest BCUT2D eigenvalue weighted by atomic mass is 10.1. The van der Waals surface area contributed by atoms with Crippen molar-refractivity contribution >= 4 is 40.1 Å². The number of aromatic nitrogens is 2. The zero-order chi connectivity index (χ0) is 21.4. The van der Waals surface area contributed by atoms with Gasteiger partial charge in [0.05, 0.1) is 23.5 Å². The normalized spacial score (nSPS) is 14.7. The van der Waals surface area contributed by atoms with Crippen molar-refractivity contribution in [3.63, 3.8) is 0 Å². The lowest BCUT2D eigenvalue weighted by Gasteiger charge is -2.26. The second-order valence-electron chi connectivity index (χ2n) is 7.29. The maximum absolute atomic E-state index is 15.2. The summed E-state index contributed by atoms with van der Waals surface area (Å²) >= 11 is 2.04. The summed E-state index contributed by atoms with van der Waals surface area (Å²) < 4.78 is 17.8. The third-order valence-electron chi connectivity index (χ3n) is 5.14. The number of hydrogen-bond acceptors (Lipinski definition) is 4. The molecule has 1 saturated heterocycles. The highest BCUT2D eigenvalue weighted by atomic mass is 127. The molecule has 0 spiro atoms. The molecule has 7 nitrogen and oxygen atoms in total. The van der Waals surface area contributed by atoms with E-state index < -0.39 is 5.82 Å². The molecule has 2 amide bonds. The Hall–Kier alpha value is -2.53. The molecule has 3 heterocycles. The van der Waals surface area contributed by atoms with Crippen LogP contribution in [0.2, 0.25) is 0 Å². The van der Waals surface area contributed by atoms with Gasteiger partial charge < -0.3 is 15.0 Å². The van der Waals surface area contributed by atoms with Crippen LogP contribution in [0.15, 0.2) is 30.5 Å². The molecular formula is C21H21FIN5O2. The first-order chi connectivity index (χ1) is 14.4. The van der Waals surface area contributed by atoms with Crippen molar-refractivity contribution in [3.05, 3.63) is 56.7 Å². The number of hydrogen-bond donors (Lipinski definition) is 2. The number of imidazole rings is 1. The molecule has 1 aliphatic rings. The van der Waals surface area contributed by atoms with E-state index in [1.807, 2.05) is 57.1 Å². The summed E-state index contributed by atoms with van der Waals surface area (Å²) in [5, 5.41) is 5.34. The molecule has 2 N–H and O–H groups in total. The number of carbonyl (C=O) groups excluding carboxylic acids is 2. The molecule has 0 unspecified atom stereocenters. The van der Waals surface area contributed by atoms with E-state index >= 15 is 4.39 Å². The first-order valence-corrected chi connectivity index (χ1v) is 10.6. The standard InChI is InChI=1S/C21H21FIN5O2/c1-12-3-5-28-16(10-27-6-4-25-18(29)11-27)20(26-17(28)7-12)19-14(22)8-13(9-15(19)23)21(30)24-2/h3,5,7-9H,4,6,10-11H2,1-2H3,(H,24,30)(H,25,29). The van der Waals surface area contributed by atoms with E-state index in [1.165, 1.54) is 13.1 Å². The predicted molar refractivity (Wildman–Crippen MR) is 120 cm³/mol. The quantitative estimate of drug-likeness (QED) is 0.517. The number of rotatable bonds is 4. The number of aryl methyl sites for hydroxylation is 1. The summed E-state index contributed by atoms with van der Waals surface area (Å²) in [4.78, 5) is 30.5. The monoisotopic (exact) mass is 521 g/mol. The van der Waals surface area contributed by atoms with Gasteiger partial charge in [-0.25, -0.2) is 9.37 Å². The number of benzene rings is 1. The molecule has 0 aliphatic carbocycles. The van der Waals surface area contributed by atoms with Crippen molar-refractivity contribution in [2.75, 3.05) is 26.7 Å². The minimum atomic E-state index is -0.502. The topological polar surface area (TPSA) is 78.7 Å². The number of amides is 2. The zero-order valence-corrected chi connectivity index (χ0v) is 18.8. The number of halogens is 2. The summed E-state index contributed by atoms with van der Waals surface area (Å²) in [7, 11) is 1.51. The molecule has 0 saturated carbocycles. The molecule has 30 heavy (non-hydrogen) atoms. The van der Waals surface area contributed by atoms with Crippen LogP contribution in [-0.2, 0) is 11.3 Å². The maximum Gasteiger partial charge on any atom is 0.251 e. The molecule has 156 valence electrons. The lowest BCUT2D eigenvalue weighted by Crippen LogP contribution is -2.47. The van der Waals surface area contributed by atoms with E-state index in [1.54, 1.807) is 6.07 Å². The molecule has 0 radical (unpaired) electrons. The molecule has 1 fully saturated rings. The van der Waals surface area contributed by atoms with Crippen molar-refractivity contribution in [3.8, 4) is 11.3 Å². The third-order valence-corrected chi connectivity index (χ3v) is 5.99. The van der Waals surface area contributed by atoms with Gasteiger partial charge in [-0.05, 0) is 59.3 Å². The van der Waals surface area contributed by atoms with Crippen LogP contribution in [0, 0.1) is 16.3 Å². The van der Waals surface area contributed by atoms with E-state index in [4.69, 9.17) is 4.98 Å². The Balaban J connectivity index is 1.86. The Morgan fingerprint density at radius 3 is 2.87 bits per heavy atom. The molecular weight excluding hydrogens is 500 g/mol. The molecule has 3 aromatic rings. The smallest absolute Gasteiger partial charge is 0.251 e. The molecule has 1 aromatic carbocycles. The van der Waals surface area contributed by atoms with Crippen molar-refractivity contribution in [1.29, 1.82) is 0 Å². The first-order valence-electron chi connectivity index (χ1n) is 9.55. The minimum Gasteiger partial charge on any atom is -0.355 e. The molecule has 1 aliphatic heterocycles. The number of nitrogens with zero attached hydrogens (tertiary/aromatic N) is 3. The van der Waals surface area contributed by atoms with Crippen LogP contribution < -0.4 is 10.6 Å². The predicted octanol–water partition coefficient (Wildman–Crippen LogP) is 2.34. The Morgan fingerprint density at radius 2 is 2.17 bits per heavy atom. The molecule has 9 heteroatoms. The summed E-state index contributed by atoms with van der Waals surface area (Å²) in [6, 6.07) is 6.81. The van der Waals surface area contributed by atoms with E-state index in [-0.39, 0.29) is 23.9 Å². The fourth-order valence-electron chi connectivity index (χ4n) is 3.66. The molecule has 4 rings (SSSR count). The van der Waals surface area contributed by atoms with Gasteiger partial charge in [-0.1, -0.05) is 0 Å². The highest BCUT2D eigenvalue weighted by Crippen LogP contribution is 2.33. The minimum absolute atomic E-state index is 0.0249. The van der Waals surface area contributed by atoms with Crippen molar-refractivity contribution < 1.29 is 14.0 Å². The Labute approximate surface area is 186 Å². The number of piperazine rings is 1. The van der Waals surface area contributed by atoms with Gasteiger partial charge in [0.25, 0.3) is 5.91 Å². The Kier molecular flexibility index (Phi) is 5.74. The van der Waals surface area contributed by atoms with Crippen LogP contribution in [0.1, 0.15) is 21.6 Å². The van der Waals surface area contributed by atoms with E-state index in [0.717, 1.165) is 11.3 Å². The van der Waals surface area contributed by atoms with Gasteiger partial charge in [0.15, 0.2) is 0 Å². The van der Waals surface area contributed by atoms with Gasteiger partial charge in [0.1, 0.15) is 11.5 Å². The van der Waals surface area contributed by atoms with Crippen LogP contribution in [0.3, 0.4) is 0 Å². The van der Waals surface area contributed by atoms with Gasteiger partial charge in [0, 0.05) is 42.0 Å². The van der Waals surface area contributed by atoms with Gasteiger partial charge in [-0.3, -0.25) is 14.5 Å². The van der Waals surface area contributed by atoms with Crippen LogP contribution in [0.5, 0.6) is 0 Å². The average Bonchev–Trinajstić information content (AvgIpc) is 3.03. The van der Waals surface area contributed by atoms with Crippen LogP contribution in [0.25, 0.3) is 16.9 Å². The average molecular weight is 521 g/mol. The van der Waals surface area contributed by atoms with E-state index in [2.05, 4.69) is 10.6 Å². The second-order valence-corrected chi connectivity index (χ2v) is 8.46. The Bertz CT molecular complexity index is 1140. The SMILES string of the molecule is CNC(=O)c1cc(F)c(-c2nc3cc(C)ccn3c2CN2CCNC(=O)C2)c(I)c1. The van der Waals surface area contributed by atoms with Crippen LogP contribution in [-0.4, -0.2) is 52.8 Å². The number of carbonyl (C=O) groups is 2. The highest BCUT2D eigenvalue weighted by molar-refractivity contribution is 14.1. The summed E-state index contributed by atoms with van der Waals surface area (Å²) in [6.07, 6.45) is 1.92. The number of pyridine rings is 1. The van der Waals surface area contributed by atoms with Crippen LogP contribution in [0.4, 0.5) is 4.39 Å². The fourth-order valence-corrected chi connectivity index (χ4v) is 4.51. The van der Waals surface area contributed by atoms with Crippen molar-refractivity contribution in [2.45, 2.75) is 13.5 Å². The first kappa shape index (κ1) is 20.7. The van der Waals surface area contributed by atoms with Gasteiger partial charge >= 0.3 is 0 Å². The largest absolute Gasteiger partial charge is 0.355 e. The number of nitrogens with one attached hydrogen (secondary N) is 2. The summed E-state index contributed by atoms with van der Waals surface area (Å²) in [5.74, 6) is -0.870. The lowest BCUT2D eigenvalue weighted by molar-refractivity contribution is -0.124. The molecule has 2 aromatic heterocycles. The van der Waals surface area contributed by atoms with Crippen molar-refractivity contribution in [1.82, 2.24) is 24.9 Å². The van der Waals surface area contributed by atoms with E-state index in [0.29, 0.717) is 40.1 Å².